The number of anilines is 1. The van der Waals surface area contributed by atoms with Gasteiger partial charge in [0.1, 0.15) is 11.5 Å². The lowest BCUT2D eigenvalue weighted by Gasteiger charge is -2.14. The lowest BCUT2D eigenvalue weighted by atomic mass is 10.2. The van der Waals surface area contributed by atoms with Gasteiger partial charge >= 0.3 is 0 Å². The number of aromatic nitrogens is 1. The maximum absolute atomic E-state index is 10.7. The van der Waals surface area contributed by atoms with E-state index in [1.54, 1.807) is 13.0 Å². The van der Waals surface area contributed by atoms with Crippen LogP contribution in [0.15, 0.2) is 12.1 Å². The number of hydrogen-bond acceptors (Lipinski definition) is 5. The highest BCUT2D eigenvalue weighted by Crippen LogP contribution is 2.31. The van der Waals surface area contributed by atoms with Crippen LogP contribution in [-0.2, 0) is 0 Å². The second-order valence-electron chi connectivity index (χ2n) is 4.79. The molecule has 2 unspecified atom stereocenters. The van der Waals surface area contributed by atoms with Crippen molar-refractivity contribution in [2.75, 3.05) is 11.1 Å². The van der Waals surface area contributed by atoms with Crippen LogP contribution in [0.2, 0.25) is 0 Å². The fourth-order valence-corrected chi connectivity index (χ4v) is 3.64. The second-order valence-corrected chi connectivity index (χ2v) is 6.37. The highest BCUT2D eigenvalue weighted by atomic mass is 32.2. The summed E-state index contributed by atoms with van der Waals surface area (Å²) in [6.07, 6.45) is 3.54. The molecule has 1 aromatic rings. The molecule has 2 atom stereocenters. The molecule has 104 valence electrons. The fraction of sp³-hybridized carbons (Fsp3) is 0.615. The van der Waals surface area contributed by atoms with Gasteiger partial charge in [-0.25, -0.2) is 4.98 Å². The molecular weight excluding hydrogens is 262 g/mol. The van der Waals surface area contributed by atoms with E-state index in [4.69, 9.17) is 0 Å². The molecule has 1 fully saturated rings. The van der Waals surface area contributed by atoms with Gasteiger partial charge in [-0.15, -0.1) is 0 Å². The molecule has 0 radical (unpaired) electrons. The molecule has 5 nitrogen and oxygen atoms in total. The van der Waals surface area contributed by atoms with Gasteiger partial charge in [-0.05, 0) is 38.0 Å². The minimum atomic E-state index is -0.393. The molecule has 0 spiro atoms. The summed E-state index contributed by atoms with van der Waals surface area (Å²) in [4.78, 5) is 14.6. The molecule has 19 heavy (non-hydrogen) atoms. The SMILES string of the molecule is CCSC1CCC(Nc2ccc([N+](=O)[O-])c(C)n2)C1. The van der Waals surface area contributed by atoms with E-state index < -0.39 is 4.92 Å². The first-order chi connectivity index (χ1) is 9.10. The number of aryl methyl sites for hydroxylation is 1. The van der Waals surface area contributed by atoms with Gasteiger partial charge in [-0.2, -0.15) is 11.8 Å². The Bertz CT molecular complexity index is 467. The third kappa shape index (κ3) is 3.59. The zero-order chi connectivity index (χ0) is 13.8. The minimum absolute atomic E-state index is 0.0800. The van der Waals surface area contributed by atoms with Gasteiger partial charge in [0.15, 0.2) is 0 Å². The van der Waals surface area contributed by atoms with Crippen LogP contribution in [0.4, 0.5) is 11.5 Å². The predicted octanol–water partition coefficient (Wildman–Crippen LogP) is 3.38. The molecule has 6 heteroatoms. The zero-order valence-corrected chi connectivity index (χ0v) is 12.1. The van der Waals surface area contributed by atoms with Gasteiger partial charge in [-0.1, -0.05) is 6.92 Å². The van der Waals surface area contributed by atoms with Crippen LogP contribution < -0.4 is 5.32 Å². The van der Waals surface area contributed by atoms with E-state index in [1.165, 1.54) is 12.5 Å². The average Bonchev–Trinajstić information content (AvgIpc) is 2.76. The minimum Gasteiger partial charge on any atom is -0.367 e. The molecule has 0 saturated heterocycles. The van der Waals surface area contributed by atoms with Crippen LogP contribution in [0.25, 0.3) is 0 Å². The van der Waals surface area contributed by atoms with E-state index in [2.05, 4.69) is 17.2 Å². The standard InChI is InChI=1S/C13H19N3O2S/c1-3-19-11-5-4-10(8-11)15-13-7-6-12(16(17)18)9(2)14-13/h6-7,10-11H,3-5,8H2,1-2H3,(H,14,15). The van der Waals surface area contributed by atoms with Gasteiger partial charge in [0, 0.05) is 17.4 Å². The molecule has 1 heterocycles. The molecule has 1 aromatic heterocycles. The quantitative estimate of drug-likeness (QED) is 0.662. The van der Waals surface area contributed by atoms with Gasteiger partial charge < -0.3 is 5.32 Å². The van der Waals surface area contributed by atoms with Crippen molar-refractivity contribution in [1.29, 1.82) is 0 Å². The summed E-state index contributed by atoms with van der Waals surface area (Å²) < 4.78 is 0. The monoisotopic (exact) mass is 281 g/mol. The Hall–Kier alpha value is -1.30. The number of rotatable bonds is 5. The molecule has 2 rings (SSSR count). The highest BCUT2D eigenvalue weighted by molar-refractivity contribution is 7.99. The summed E-state index contributed by atoms with van der Waals surface area (Å²) in [7, 11) is 0. The molecule has 0 aromatic carbocycles. The van der Waals surface area contributed by atoms with Crippen LogP contribution in [0.3, 0.4) is 0 Å². The lowest BCUT2D eigenvalue weighted by Crippen LogP contribution is -2.17. The fourth-order valence-electron chi connectivity index (χ4n) is 2.49. The number of thioether (sulfide) groups is 1. The number of pyridine rings is 1. The van der Waals surface area contributed by atoms with Gasteiger partial charge in [0.25, 0.3) is 5.69 Å². The van der Waals surface area contributed by atoms with Crippen molar-refractivity contribution >= 4 is 23.3 Å². The Morgan fingerprint density at radius 2 is 2.32 bits per heavy atom. The first-order valence-electron chi connectivity index (χ1n) is 6.60. The second kappa shape index (κ2) is 6.23. The topological polar surface area (TPSA) is 68.1 Å². The van der Waals surface area contributed by atoms with Gasteiger partial charge in [0.05, 0.1) is 4.92 Å². The van der Waals surface area contributed by atoms with Crippen LogP contribution in [0.5, 0.6) is 0 Å². The van der Waals surface area contributed by atoms with E-state index in [1.807, 2.05) is 11.8 Å². The van der Waals surface area contributed by atoms with Crippen LogP contribution in [-0.4, -0.2) is 27.0 Å². The van der Waals surface area contributed by atoms with Gasteiger partial charge in [0.2, 0.25) is 0 Å². The summed E-state index contributed by atoms with van der Waals surface area (Å²) in [6.45, 7) is 3.86. The average molecular weight is 281 g/mol. The number of hydrogen-bond donors (Lipinski definition) is 1. The van der Waals surface area contributed by atoms with Crippen LogP contribution in [0, 0.1) is 17.0 Å². The van der Waals surface area contributed by atoms with Crippen molar-refractivity contribution in [1.82, 2.24) is 4.98 Å². The molecule has 0 aliphatic heterocycles. The molecule has 0 amide bonds. The molecule has 1 aliphatic rings. The van der Waals surface area contributed by atoms with Crippen LogP contribution in [0.1, 0.15) is 31.9 Å². The largest absolute Gasteiger partial charge is 0.367 e. The molecule has 1 saturated carbocycles. The third-order valence-electron chi connectivity index (χ3n) is 3.39. The van der Waals surface area contributed by atoms with Crippen molar-refractivity contribution in [2.24, 2.45) is 0 Å². The number of nitrogens with one attached hydrogen (secondary N) is 1. The van der Waals surface area contributed by atoms with Crippen molar-refractivity contribution in [3.8, 4) is 0 Å². The Kier molecular flexibility index (Phi) is 4.63. The first-order valence-corrected chi connectivity index (χ1v) is 7.65. The number of nitro groups is 1. The van der Waals surface area contributed by atoms with Crippen molar-refractivity contribution < 1.29 is 4.92 Å². The Morgan fingerprint density at radius 3 is 2.95 bits per heavy atom. The lowest BCUT2D eigenvalue weighted by molar-refractivity contribution is -0.385. The Morgan fingerprint density at radius 1 is 1.53 bits per heavy atom. The zero-order valence-electron chi connectivity index (χ0n) is 11.3. The summed E-state index contributed by atoms with van der Waals surface area (Å²) in [5.41, 5.74) is 0.545. The maximum atomic E-state index is 10.7. The molecule has 1 aliphatic carbocycles. The van der Waals surface area contributed by atoms with Crippen molar-refractivity contribution in [3.63, 3.8) is 0 Å². The van der Waals surface area contributed by atoms with Crippen molar-refractivity contribution in [2.45, 2.75) is 44.4 Å². The third-order valence-corrected chi connectivity index (χ3v) is 4.63. The molecule has 0 bridgehead atoms. The van der Waals surface area contributed by atoms with E-state index >= 15 is 0 Å². The summed E-state index contributed by atoms with van der Waals surface area (Å²) in [6, 6.07) is 3.67. The summed E-state index contributed by atoms with van der Waals surface area (Å²) in [5, 5.41) is 14.9. The maximum Gasteiger partial charge on any atom is 0.290 e. The smallest absolute Gasteiger partial charge is 0.290 e. The normalized spacial score (nSPS) is 22.4. The molecule has 1 N–H and O–H groups in total. The van der Waals surface area contributed by atoms with E-state index in [0.29, 0.717) is 11.7 Å². The van der Waals surface area contributed by atoms with E-state index in [9.17, 15) is 10.1 Å². The van der Waals surface area contributed by atoms with Crippen molar-refractivity contribution in [3.05, 3.63) is 27.9 Å². The Labute approximate surface area is 117 Å². The highest BCUT2D eigenvalue weighted by Gasteiger charge is 2.25. The summed E-state index contributed by atoms with van der Waals surface area (Å²) in [5.74, 6) is 1.90. The van der Waals surface area contributed by atoms with Gasteiger partial charge in [-0.3, -0.25) is 10.1 Å². The first kappa shape index (κ1) is 14.1. The number of nitrogens with zero attached hydrogens (tertiary/aromatic N) is 2. The van der Waals surface area contributed by atoms with E-state index in [-0.39, 0.29) is 5.69 Å². The molecular formula is C13H19N3O2S. The summed E-state index contributed by atoms with van der Waals surface area (Å²) >= 11 is 2.01. The predicted molar refractivity (Wildman–Crippen MR) is 78.8 cm³/mol. The van der Waals surface area contributed by atoms with Crippen LogP contribution >= 0.6 is 11.8 Å². The Balaban J connectivity index is 1.97. The van der Waals surface area contributed by atoms with E-state index in [0.717, 1.165) is 29.7 Å².